The summed E-state index contributed by atoms with van der Waals surface area (Å²) in [4.78, 5) is 27.7. The average Bonchev–Trinajstić information content (AvgIpc) is 2.79. The van der Waals surface area contributed by atoms with Crippen LogP contribution < -0.4 is 5.73 Å². The molecular weight excluding hydrogens is 314 g/mol. The molecule has 5 rings (SSSR count). The average molecular weight is 345 g/mol. The van der Waals surface area contributed by atoms with Gasteiger partial charge < -0.3 is 15.5 Å². The van der Waals surface area contributed by atoms with Crippen LogP contribution in [0.5, 0.6) is 0 Å². The summed E-state index contributed by atoms with van der Waals surface area (Å²) >= 11 is 0. The summed E-state index contributed by atoms with van der Waals surface area (Å²) in [5.41, 5.74) is 6.99. The molecular formula is C20H31N3O2. The van der Waals surface area contributed by atoms with E-state index in [0.29, 0.717) is 31.6 Å². The summed E-state index contributed by atoms with van der Waals surface area (Å²) < 4.78 is 0. The number of hydrogen-bond donors (Lipinski definition) is 1. The van der Waals surface area contributed by atoms with Gasteiger partial charge in [0.2, 0.25) is 5.91 Å². The third-order valence-corrected chi connectivity index (χ3v) is 7.33. The van der Waals surface area contributed by atoms with Crippen LogP contribution in [0.3, 0.4) is 0 Å². The van der Waals surface area contributed by atoms with Crippen molar-refractivity contribution >= 4 is 11.9 Å². The molecule has 0 aromatic heterocycles. The Morgan fingerprint density at radius 3 is 2.00 bits per heavy atom. The molecule has 0 radical (unpaired) electrons. The van der Waals surface area contributed by atoms with E-state index in [2.05, 4.69) is 6.92 Å². The number of carbonyl (C=O) groups is 2. The fourth-order valence-electron chi connectivity index (χ4n) is 6.38. The standard InChI is InChI=1S/C20H31N3O2/c1-14(20-11-15-8-16(12-20)10-17(9-15)13-20)7-18(24)22-3-2-4-23(6-5-22)19(21)25/h7,15-17H,2-6,8-13H2,1H3,(H2,21,25). The normalized spacial score (nSPS) is 38.0. The maximum atomic E-state index is 12.8. The zero-order chi connectivity index (χ0) is 17.6. The molecule has 25 heavy (non-hydrogen) atoms. The van der Waals surface area contributed by atoms with Crippen molar-refractivity contribution in [2.45, 2.75) is 51.9 Å². The molecule has 2 N–H and O–H groups in total. The van der Waals surface area contributed by atoms with Crippen LogP contribution in [0, 0.1) is 23.2 Å². The lowest BCUT2D eigenvalue weighted by molar-refractivity contribution is -0.126. The lowest BCUT2D eigenvalue weighted by Crippen LogP contribution is -2.47. The van der Waals surface area contributed by atoms with Gasteiger partial charge in [-0.1, -0.05) is 5.57 Å². The molecule has 1 heterocycles. The largest absolute Gasteiger partial charge is 0.351 e. The molecule has 5 fully saturated rings. The first-order valence-electron chi connectivity index (χ1n) is 9.97. The molecule has 0 unspecified atom stereocenters. The molecule has 3 amide bonds. The highest BCUT2D eigenvalue weighted by Crippen LogP contribution is 2.62. The van der Waals surface area contributed by atoms with Crippen molar-refractivity contribution in [2.24, 2.45) is 28.9 Å². The molecule has 5 nitrogen and oxygen atoms in total. The van der Waals surface area contributed by atoms with Gasteiger partial charge in [-0.25, -0.2) is 4.79 Å². The number of nitrogens with two attached hydrogens (primary N) is 1. The summed E-state index contributed by atoms with van der Waals surface area (Å²) in [6.45, 7) is 4.69. The highest BCUT2D eigenvalue weighted by Gasteiger charge is 2.51. The molecule has 4 aliphatic carbocycles. The lowest BCUT2D eigenvalue weighted by Gasteiger charge is -2.57. The van der Waals surface area contributed by atoms with Crippen LogP contribution in [0.1, 0.15) is 51.9 Å². The quantitative estimate of drug-likeness (QED) is 0.782. The van der Waals surface area contributed by atoms with Crippen molar-refractivity contribution < 1.29 is 9.59 Å². The summed E-state index contributed by atoms with van der Waals surface area (Å²) in [5.74, 6) is 2.81. The highest BCUT2D eigenvalue weighted by atomic mass is 16.2. The first-order chi connectivity index (χ1) is 11.9. The molecule has 0 aromatic carbocycles. The van der Waals surface area contributed by atoms with E-state index in [1.165, 1.54) is 44.1 Å². The van der Waals surface area contributed by atoms with E-state index in [1.54, 1.807) is 4.90 Å². The van der Waals surface area contributed by atoms with Gasteiger partial charge in [0.1, 0.15) is 0 Å². The fourth-order valence-corrected chi connectivity index (χ4v) is 6.38. The minimum absolute atomic E-state index is 0.125. The van der Waals surface area contributed by atoms with E-state index in [9.17, 15) is 9.59 Å². The van der Waals surface area contributed by atoms with Gasteiger partial charge in [0.25, 0.3) is 0 Å². The summed E-state index contributed by atoms with van der Waals surface area (Å²) in [6, 6.07) is -0.380. The van der Waals surface area contributed by atoms with Crippen molar-refractivity contribution in [3.63, 3.8) is 0 Å². The van der Waals surface area contributed by atoms with E-state index in [-0.39, 0.29) is 11.9 Å². The predicted molar refractivity (Wildman–Crippen MR) is 96.7 cm³/mol. The van der Waals surface area contributed by atoms with E-state index in [4.69, 9.17) is 5.73 Å². The monoisotopic (exact) mass is 345 g/mol. The number of nitrogens with zero attached hydrogens (tertiary/aromatic N) is 2. The maximum Gasteiger partial charge on any atom is 0.314 e. The molecule has 1 saturated heterocycles. The van der Waals surface area contributed by atoms with Gasteiger partial charge >= 0.3 is 6.03 Å². The van der Waals surface area contributed by atoms with E-state index in [1.807, 2.05) is 11.0 Å². The number of carbonyl (C=O) groups excluding carboxylic acids is 2. The number of hydrogen-bond acceptors (Lipinski definition) is 2. The molecule has 1 aliphatic heterocycles. The Balaban J connectivity index is 1.45. The molecule has 5 heteroatoms. The second-order valence-electron chi connectivity index (χ2n) is 9.03. The topological polar surface area (TPSA) is 66.6 Å². The van der Waals surface area contributed by atoms with Crippen molar-refractivity contribution in [3.05, 3.63) is 11.6 Å². The van der Waals surface area contributed by atoms with Crippen molar-refractivity contribution in [2.75, 3.05) is 26.2 Å². The van der Waals surface area contributed by atoms with Crippen molar-refractivity contribution in [1.82, 2.24) is 9.80 Å². The zero-order valence-corrected chi connectivity index (χ0v) is 15.4. The minimum atomic E-state index is -0.380. The van der Waals surface area contributed by atoms with Gasteiger partial charge in [-0.15, -0.1) is 0 Å². The van der Waals surface area contributed by atoms with Crippen molar-refractivity contribution in [3.8, 4) is 0 Å². The van der Waals surface area contributed by atoms with Gasteiger partial charge in [0.05, 0.1) is 0 Å². The van der Waals surface area contributed by atoms with Gasteiger partial charge in [-0.2, -0.15) is 0 Å². The van der Waals surface area contributed by atoms with Gasteiger partial charge in [-0.3, -0.25) is 4.79 Å². The molecule has 4 bridgehead atoms. The van der Waals surface area contributed by atoms with Crippen LogP contribution in [0.4, 0.5) is 4.79 Å². The highest BCUT2D eigenvalue weighted by molar-refractivity contribution is 5.88. The Bertz CT molecular complexity index is 562. The van der Waals surface area contributed by atoms with E-state index < -0.39 is 0 Å². The Hall–Kier alpha value is -1.52. The smallest absolute Gasteiger partial charge is 0.314 e. The fraction of sp³-hybridized carbons (Fsp3) is 0.800. The van der Waals surface area contributed by atoms with Gasteiger partial charge in [0.15, 0.2) is 0 Å². The summed E-state index contributed by atoms with van der Waals surface area (Å²) in [7, 11) is 0. The van der Waals surface area contributed by atoms with Gasteiger partial charge in [-0.05, 0) is 75.0 Å². The number of urea groups is 1. The SMILES string of the molecule is CC(=CC(=O)N1CCCN(C(N)=O)CC1)C12CC3CC(CC(C3)C1)C2. The Morgan fingerprint density at radius 2 is 1.44 bits per heavy atom. The maximum absolute atomic E-state index is 12.8. The Labute approximate surface area is 150 Å². The molecule has 0 aromatic rings. The minimum Gasteiger partial charge on any atom is -0.351 e. The zero-order valence-electron chi connectivity index (χ0n) is 15.4. The van der Waals surface area contributed by atoms with Crippen LogP contribution >= 0.6 is 0 Å². The van der Waals surface area contributed by atoms with E-state index >= 15 is 0 Å². The predicted octanol–water partition coefficient (Wildman–Crippen LogP) is 2.76. The van der Waals surface area contributed by atoms with Gasteiger partial charge in [0, 0.05) is 32.3 Å². The summed E-state index contributed by atoms with van der Waals surface area (Å²) in [6.07, 6.45) is 10.9. The van der Waals surface area contributed by atoms with Crippen LogP contribution in [-0.2, 0) is 4.79 Å². The molecule has 138 valence electrons. The number of primary amides is 1. The second kappa shape index (κ2) is 6.33. The molecule has 0 spiro atoms. The number of allylic oxidation sites excluding steroid dienone is 1. The third-order valence-electron chi connectivity index (χ3n) is 7.33. The van der Waals surface area contributed by atoms with Crippen LogP contribution in [0.2, 0.25) is 0 Å². The lowest BCUT2D eigenvalue weighted by atomic mass is 9.48. The van der Waals surface area contributed by atoms with Crippen LogP contribution in [-0.4, -0.2) is 47.9 Å². The second-order valence-corrected chi connectivity index (χ2v) is 9.03. The van der Waals surface area contributed by atoms with Crippen molar-refractivity contribution in [1.29, 1.82) is 0 Å². The van der Waals surface area contributed by atoms with Crippen LogP contribution in [0.15, 0.2) is 11.6 Å². The molecule has 5 aliphatic rings. The number of amides is 3. The number of rotatable bonds is 2. The first kappa shape index (κ1) is 16.9. The molecule has 4 saturated carbocycles. The third kappa shape index (κ3) is 3.18. The Morgan fingerprint density at radius 1 is 0.920 bits per heavy atom. The van der Waals surface area contributed by atoms with Crippen LogP contribution in [0.25, 0.3) is 0 Å². The molecule has 0 atom stereocenters. The summed E-state index contributed by atoms with van der Waals surface area (Å²) in [5, 5.41) is 0. The first-order valence-corrected chi connectivity index (χ1v) is 9.97. The van der Waals surface area contributed by atoms with E-state index in [0.717, 1.165) is 24.2 Å². The Kier molecular flexibility index (Phi) is 4.28.